The van der Waals surface area contributed by atoms with E-state index < -0.39 is 11.8 Å². The molecular formula is C13H18N4O3. The van der Waals surface area contributed by atoms with Gasteiger partial charge >= 0.3 is 0 Å². The highest BCUT2D eigenvalue weighted by Crippen LogP contribution is 2.40. The van der Waals surface area contributed by atoms with E-state index in [-0.39, 0.29) is 30.6 Å². The number of nitrogens with zero attached hydrogens (tertiary/aromatic N) is 4. The molecule has 20 heavy (non-hydrogen) atoms. The Morgan fingerprint density at radius 1 is 1.60 bits per heavy atom. The average Bonchev–Trinajstić information content (AvgIpc) is 2.74. The van der Waals surface area contributed by atoms with Crippen molar-refractivity contribution in [2.75, 3.05) is 6.54 Å². The van der Waals surface area contributed by atoms with Crippen LogP contribution in [0.5, 0.6) is 0 Å². The first kappa shape index (κ1) is 14.6. The van der Waals surface area contributed by atoms with Crippen LogP contribution >= 0.6 is 0 Å². The molecule has 2 aliphatic heterocycles. The van der Waals surface area contributed by atoms with Crippen molar-refractivity contribution < 1.29 is 14.3 Å². The standard InChI is InChI=1S/C13H18N4O3/c1-3-13(8-15-16-14)9(2)6-12(20-13)17-5-4-10(18)7-11(17)19/h4-5,9,12H,3,6-8H2,1-2H3/t9-,12+,13-/m0/s1. The SMILES string of the molecule is CC[C@@]1(CN=[N+]=[N-])O[C@@H](N2C=CC(=O)CC2=O)C[C@@H]1C. The van der Waals surface area contributed by atoms with Gasteiger partial charge in [-0.3, -0.25) is 14.5 Å². The molecule has 7 heteroatoms. The summed E-state index contributed by atoms with van der Waals surface area (Å²) in [5, 5.41) is 3.64. The van der Waals surface area contributed by atoms with Crippen LogP contribution in [0, 0.1) is 5.92 Å². The minimum Gasteiger partial charge on any atom is -0.351 e. The van der Waals surface area contributed by atoms with Crippen LogP contribution < -0.4 is 0 Å². The van der Waals surface area contributed by atoms with Crippen molar-refractivity contribution in [2.24, 2.45) is 11.0 Å². The van der Waals surface area contributed by atoms with Crippen molar-refractivity contribution in [1.29, 1.82) is 0 Å². The zero-order valence-electron chi connectivity index (χ0n) is 11.7. The van der Waals surface area contributed by atoms with Gasteiger partial charge < -0.3 is 4.74 Å². The van der Waals surface area contributed by atoms with E-state index >= 15 is 0 Å². The second kappa shape index (κ2) is 5.64. The van der Waals surface area contributed by atoms with Crippen molar-refractivity contribution in [3.63, 3.8) is 0 Å². The third-order valence-corrected chi connectivity index (χ3v) is 4.17. The van der Waals surface area contributed by atoms with E-state index in [1.165, 1.54) is 17.2 Å². The number of azide groups is 1. The molecule has 0 aromatic rings. The van der Waals surface area contributed by atoms with Gasteiger partial charge in [-0.2, -0.15) is 0 Å². The summed E-state index contributed by atoms with van der Waals surface area (Å²) >= 11 is 0. The fraction of sp³-hybridized carbons (Fsp3) is 0.692. The van der Waals surface area contributed by atoms with Gasteiger partial charge in [-0.25, -0.2) is 0 Å². The highest BCUT2D eigenvalue weighted by atomic mass is 16.5. The second-order valence-electron chi connectivity index (χ2n) is 5.28. The molecular weight excluding hydrogens is 260 g/mol. The third kappa shape index (κ3) is 2.55. The first-order chi connectivity index (χ1) is 9.52. The molecule has 0 aliphatic carbocycles. The molecule has 1 saturated heterocycles. The molecule has 0 N–H and O–H groups in total. The van der Waals surface area contributed by atoms with Gasteiger partial charge in [0.1, 0.15) is 6.23 Å². The number of rotatable bonds is 4. The molecule has 0 spiro atoms. The Kier molecular flexibility index (Phi) is 4.11. The zero-order valence-corrected chi connectivity index (χ0v) is 11.7. The van der Waals surface area contributed by atoms with Gasteiger partial charge in [0.25, 0.3) is 0 Å². The van der Waals surface area contributed by atoms with Crippen molar-refractivity contribution in [3.05, 3.63) is 22.7 Å². The summed E-state index contributed by atoms with van der Waals surface area (Å²) in [4.78, 5) is 27.4. The van der Waals surface area contributed by atoms with Crippen LogP contribution in [0.15, 0.2) is 17.4 Å². The lowest BCUT2D eigenvalue weighted by molar-refractivity contribution is -0.149. The minimum atomic E-state index is -0.535. The smallest absolute Gasteiger partial charge is 0.236 e. The molecule has 0 unspecified atom stereocenters. The summed E-state index contributed by atoms with van der Waals surface area (Å²) < 4.78 is 6.04. The Bertz CT molecular complexity index is 498. The van der Waals surface area contributed by atoms with Crippen molar-refractivity contribution in [1.82, 2.24) is 4.90 Å². The molecule has 0 aromatic carbocycles. The fourth-order valence-electron chi connectivity index (χ4n) is 2.81. The zero-order chi connectivity index (χ0) is 14.8. The minimum absolute atomic E-state index is 0.111. The average molecular weight is 278 g/mol. The predicted molar refractivity (Wildman–Crippen MR) is 71.3 cm³/mol. The molecule has 0 saturated carbocycles. The Hall–Kier alpha value is -1.85. The summed E-state index contributed by atoms with van der Waals surface area (Å²) in [6.07, 6.45) is 3.75. The number of hydrogen-bond donors (Lipinski definition) is 0. The summed E-state index contributed by atoms with van der Waals surface area (Å²) in [5.41, 5.74) is 7.96. The lowest BCUT2D eigenvalue weighted by atomic mass is 9.86. The summed E-state index contributed by atoms with van der Waals surface area (Å²) in [5.74, 6) is -0.264. The number of hydrogen-bond acceptors (Lipinski definition) is 4. The lowest BCUT2D eigenvalue weighted by Crippen LogP contribution is -2.42. The largest absolute Gasteiger partial charge is 0.351 e. The van der Waals surface area contributed by atoms with Crippen LogP contribution in [-0.2, 0) is 14.3 Å². The van der Waals surface area contributed by atoms with Crippen LogP contribution in [0.2, 0.25) is 0 Å². The van der Waals surface area contributed by atoms with Crippen molar-refractivity contribution in [2.45, 2.75) is 44.9 Å². The molecule has 0 bridgehead atoms. The topological polar surface area (TPSA) is 95.4 Å². The molecule has 1 fully saturated rings. The van der Waals surface area contributed by atoms with Gasteiger partial charge in [-0.05, 0) is 30.4 Å². The quantitative estimate of drug-likeness (QED) is 0.341. The van der Waals surface area contributed by atoms with Gasteiger partial charge in [0.05, 0.1) is 18.6 Å². The summed E-state index contributed by atoms with van der Waals surface area (Å²) in [6.45, 7) is 4.26. The molecule has 0 aromatic heterocycles. The third-order valence-electron chi connectivity index (χ3n) is 4.17. The highest BCUT2D eigenvalue weighted by molar-refractivity contribution is 6.06. The Balaban J connectivity index is 2.17. The van der Waals surface area contributed by atoms with E-state index in [0.717, 1.165) is 0 Å². The van der Waals surface area contributed by atoms with E-state index in [0.29, 0.717) is 12.8 Å². The van der Waals surface area contributed by atoms with Gasteiger partial charge in [0.2, 0.25) is 5.91 Å². The Morgan fingerprint density at radius 2 is 2.35 bits per heavy atom. The van der Waals surface area contributed by atoms with Crippen LogP contribution in [0.3, 0.4) is 0 Å². The first-order valence-corrected chi connectivity index (χ1v) is 6.73. The normalized spacial score (nSPS) is 33.4. The fourth-order valence-corrected chi connectivity index (χ4v) is 2.81. The lowest BCUT2D eigenvalue weighted by Gasteiger charge is -2.32. The number of carbonyl (C=O) groups is 2. The predicted octanol–water partition coefficient (Wildman–Crippen LogP) is 2.14. The molecule has 1 amide bonds. The first-order valence-electron chi connectivity index (χ1n) is 6.73. The maximum Gasteiger partial charge on any atom is 0.236 e. The maximum atomic E-state index is 11.9. The van der Waals surface area contributed by atoms with Gasteiger partial charge in [0.15, 0.2) is 5.78 Å². The number of ether oxygens (including phenoxy) is 1. The monoisotopic (exact) mass is 278 g/mol. The number of ketones is 1. The van der Waals surface area contributed by atoms with Gasteiger partial charge in [-0.1, -0.05) is 19.0 Å². The van der Waals surface area contributed by atoms with E-state index in [2.05, 4.69) is 10.0 Å². The molecule has 2 rings (SSSR count). The van der Waals surface area contributed by atoms with Crippen molar-refractivity contribution >= 4 is 11.7 Å². The molecule has 0 radical (unpaired) electrons. The second-order valence-corrected chi connectivity index (χ2v) is 5.28. The Morgan fingerprint density at radius 3 is 2.95 bits per heavy atom. The summed E-state index contributed by atoms with van der Waals surface area (Å²) in [7, 11) is 0. The molecule has 7 nitrogen and oxygen atoms in total. The van der Waals surface area contributed by atoms with Crippen LogP contribution in [0.1, 0.15) is 33.1 Å². The van der Waals surface area contributed by atoms with Crippen LogP contribution in [-0.4, -0.2) is 35.0 Å². The van der Waals surface area contributed by atoms with Crippen molar-refractivity contribution in [3.8, 4) is 0 Å². The van der Waals surface area contributed by atoms with Crippen LogP contribution in [0.25, 0.3) is 10.4 Å². The number of carbonyl (C=O) groups excluding carboxylic acids is 2. The molecule has 3 atom stereocenters. The summed E-state index contributed by atoms with van der Waals surface area (Å²) in [6, 6.07) is 0. The highest BCUT2D eigenvalue weighted by Gasteiger charge is 2.47. The van der Waals surface area contributed by atoms with E-state index in [1.54, 1.807) is 0 Å². The number of allylic oxidation sites excluding steroid dienone is 1. The van der Waals surface area contributed by atoms with Crippen LogP contribution in [0.4, 0.5) is 0 Å². The van der Waals surface area contributed by atoms with E-state index in [1.807, 2.05) is 13.8 Å². The van der Waals surface area contributed by atoms with Gasteiger partial charge in [0, 0.05) is 11.1 Å². The van der Waals surface area contributed by atoms with E-state index in [4.69, 9.17) is 10.3 Å². The molecule has 108 valence electrons. The van der Waals surface area contributed by atoms with E-state index in [9.17, 15) is 9.59 Å². The Labute approximate surface area is 117 Å². The maximum absolute atomic E-state index is 11.9. The van der Waals surface area contributed by atoms with Gasteiger partial charge in [-0.15, -0.1) is 0 Å². The molecule has 2 aliphatic rings. The molecule has 2 heterocycles. The number of amides is 1.